The fourth-order valence-electron chi connectivity index (χ4n) is 2.63. The lowest BCUT2D eigenvalue weighted by Crippen LogP contribution is -2.42. The largest absolute Gasteiger partial charge is 0.367 e. The molecule has 4 heteroatoms. The van der Waals surface area contributed by atoms with Gasteiger partial charge >= 0.3 is 0 Å². The first kappa shape index (κ1) is 13.1. The average Bonchev–Trinajstić information content (AvgIpc) is 2.97. The van der Waals surface area contributed by atoms with Gasteiger partial charge in [-0.25, -0.2) is 4.68 Å². The second-order valence-corrected chi connectivity index (χ2v) is 5.33. The summed E-state index contributed by atoms with van der Waals surface area (Å²) in [6.45, 7) is 2.54. The minimum Gasteiger partial charge on any atom is -0.367 e. The highest BCUT2D eigenvalue weighted by molar-refractivity contribution is 6.01. The van der Waals surface area contributed by atoms with E-state index in [1.165, 1.54) is 0 Å². The van der Waals surface area contributed by atoms with E-state index in [9.17, 15) is 4.79 Å². The number of nitrogens with zero attached hydrogens (tertiary/aromatic N) is 2. The maximum atomic E-state index is 12.8. The van der Waals surface area contributed by atoms with Crippen LogP contribution in [-0.2, 0) is 4.74 Å². The maximum Gasteiger partial charge on any atom is 0.212 e. The third-order valence-corrected chi connectivity index (χ3v) is 3.83. The highest BCUT2D eigenvalue weighted by Gasteiger charge is 2.38. The third kappa shape index (κ3) is 2.27. The lowest BCUT2D eigenvalue weighted by atomic mass is 9.90. The summed E-state index contributed by atoms with van der Waals surface area (Å²) in [6, 6.07) is 11.5. The minimum atomic E-state index is -0.717. The Labute approximate surface area is 118 Å². The summed E-state index contributed by atoms with van der Waals surface area (Å²) in [6.07, 6.45) is 4.49. The molecule has 0 amide bonds. The summed E-state index contributed by atoms with van der Waals surface area (Å²) in [5.41, 5.74) is 0.756. The van der Waals surface area contributed by atoms with Gasteiger partial charge in [-0.2, -0.15) is 5.10 Å². The molecule has 1 aromatic carbocycles. The van der Waals surface area contributed by atoms with E-state index in [2.05, 4.69) is 5.10 Å². The van der Waals surface area contributed by atoms with Crippen molar-refractivity contribution in [3.05, 3.63) is 48.3 Å². The second kappa shape index (κ2) is 5.21. The molecule has 1 unspecified atom stereocenters. The molecule has 0 spiro atoms. The number of carbonyl (C=O) groups excluding carboxylic acids is 1. The van der Waals surface area contributed by atoms with Crippen LogP contribution in [0.4, 0.5) is 0 Å². The predicted octanol–water partition coefficient (Wildman–Crippen LogP) is 3.01. The van der Waals surface area contributed by atoms with Gasteiger partial charge in [0.25, 0.3) is 0 Å². The molecule has 1 aliphatic heterocycles. The SMILES string of the molecule is CC1(C(=O)c2ccnn2-c2ccccc2)CCCCO1. The van der Waals surface area contributed by atoms with Gasteiger partial charge in [0.1, 0.15) is 11.3 Å². The van der Waals surface area contributed by atoms with Crippen molar-refractivity contribution in [1.29, 1.82) is 0 Å². The Morgan fingerprint density at radius 1 is 1.25 bits per heavy atom. The molecule has 0 bridgehead atoms. The number of para-hydroxylation sites is 1. The summed E-state index contributed by atoms with van der Waals surface area (Å²) < 4.78 is 7.44. The van der Waals surface area contributed by atoms with Crippen LogP contribution in [0.25, 0.3) is 5.69 Å². The summed E-state index contributed by atoms with van der Waals surface area (Å²) in [5, 5.41) is 4.27. The fraction of sp³-hybridized carbons (Fsp3) is 0.375. The monoisotopic (exact) mass is 270 g/mol. The van der Waals surface area contributed by atoms with Crippen LogP contribution in [0.15, 0.2) is 42.6 Å². The van der Waals surface area contributed by atoms with E-state index in [-0.39, 0.29) is 5.78 Å². The van der Waals surface area contributed by atoms with Gasteiger partial charge in [-0.15, -0.1) is 0 Å². The Bertz CT molecular complexity index is 598. The zero-order valence-electron chi connectivity index (χ0n) is 11.6. The van der Waals surface area contributed by atoms with Crippen LogP contribution in [0.1, 0.15) is 36.7 Å². The van der Waals surface area contributed by atoms with E-state index in [1.54, 1.807) is 16.9 Å². The third-order valence-electron chi connectivity index (χ3n) is 3.83. The van der Waals surface area contributed by atoms with Gasteiger partial charge in [-0.05, 0) is 44.4 Å². The molecular weight excluding hydrogens is 252 g/mol. The quantitative estimate of drug-likeness (QED) is 0.805. The minimum absolute atomic E-state index is 0.0125. The number of Topliss-reactive ketones (excluding diaryl/α,β-unsaturated/α-hetero) is 1. The van der Waals surface area contributed by atoms with E-state index in [0.29, 0.717) is 12.3 Å². The lowest BCUT2D eigenvalue weighted by Gasteiger charge is -2.32. The Morgan fingerprint density at radius 3 is 2.75 bits per heavy atom. The van der Waals surface area contributed by atoms with Crippen molar-refractivity contribution in [1.82, 2.24) is 9.78 Å². The van der Waals surface area contributed by atoms with Crippen LogP contribution in [0.3, 0.4) is 0 Å². The molecule has 0 N–H and O–H groups in total. The van der Waals surface area contributed by atoms with E-state index >= 15 is 0 Å². The molecule has 1 aromatic heterocycles. The first-order valence-electron chi connectivity index (χ1n) is 6.99. The van der Waals surface area contributed by atoms with Gasteiger partial charge < -0.3 is 4.74 Å². The smallest absolute Gasteiger partial charge is 0.212 e. The number of ketones is 1. The lowest BCUT2D eigenvalue weighted by molar-refractivity contribution is -0.0430. The second-order valence-electron chi connectivity index (χ2n) is 5.33. The first-order valence-corrected chi connectivity index (χ1v) is 6.99. The van der Waals surface area contributed by atoms with Gasteiger partial charge in [0.05, 0.1) is 11.9 Å². The highest BCUT2D eigenvalue weighted by atomic mass is 16.5. The molecule has 1 fully saturated rings. The zero-order valence-corrected chi connectivity index (χ0v) is 11.6. The normalized spacial score (nSPS) is 22.6. The van der Waals surface area contributed by atoms with E-state index in [0.717, 1.165) is 24.9 Å². The highest BCUT2D eigenvalue weighted by Crippen LogP contribution is 2.28. The van der Waals surface area contributed by atoms with E-state index in [1.807, 2.05) is 37.3 Å². The van der Waals surface area contributed by atoms with Gasteiger partial charge in [-0.3, -0.25) is 4.79 Å². The van der Waals surface area contributed by atoms with Gasteiger partial charge in [0.15, 0.2) is 0 Å². The molecule has 0 radical (unpaired) electrons. The zero-order chi connectivity index (χ0) is 14.0. The van der Waals surface area contributed by atoms with Crippen molar-refractivity contribution in [3.8, 4) is 5.69 Å². The molecular formula is C16H18N2O2. The van der Waals surface area contributed by atoms with E-state index < -0.39 is 5.60 Å². The molecule has 4 nitrogen and oxygen atoms in total. The Hall–Kier alpha value is -1.94. The summed E-state index contributed by atoms with van der Waals surface area (Å²) in [5.74, 6) is 0.0125. The topological polar surface area (TPSA) is 44.1 Å². The first-order chi connectivity index (χ1) is 9.71. The fourth-order valence-corrected chi connectivity index (χ4v) is 2.63. The Morgan fingerprint density at radius 2 is 2.05 bits per heavy atom. The number of hydrogen-bond donors (Lipinski definition) is 0. The predicted molar refractivity (Wildman–Crippen MR) is 76.1 cm³/mol. The van der Waals surface area contributed by atoms with Crippen LogP contribution in [0, 0.1) is 0 Å². The standard InChI is InChI=1S/C16H18N2O2/c1-16(10-5-6-12-20-16)15(19)14-9-11-17-18(14)13-7-3-2-4-8-13/h2-4,7-9,11H,5-6,10,12H2,1H3. The molecule has 0 aliphatic carbocycles. The average molecular weight is 270 g/mol. The van der Waals surface area contributed by atoms with Crippen LogP contribution < -0.4 is 0 Å². The number of aromatic nitrogens is 2. The van der Waals surface area contributed by atoms with Crippen molar-refractivity contribution < 1.29 is 9.53 Å². The van der Waals surface area contributed by atoms with Crippen molar-refractivity contribution >= 4 is 5.78 Å². The number of rotatable bonds is 3. The van der Waals surface area contributed by atoms with Crippen LogP contribution >= 0.6 is 0 Å². The molecule has 20 heavy (non-hydrogen) atoms. The molecule has 1 aliphatic rings. The van der Waals surface area contributed by atoms with Gasteiger partial charge in [0.2, 0.25) is 5.78 Å². The summed E-state index contributed by atoms with van der Waals surface area (Å²) in [7, 11) is 0. The molecule has 2 heterocycles. The molecule has 0 saturated carbocycles. The van der Waals surface area contributed by atoms with Crippen molar-refractivity contribution in [2.45, 2.75) is 31.8 Å². The molecule has 1 atom stereocenters. The number of hydrogen-bond acceptors (Lipinski definition) is 3. The summed E-state index contributed by atoms with van der Waals surface area (Å²) in [4.78, 5) is 12.8. The van der Waals surface area contributed by atoms with Crippen molar-refractivity contribution in [3.63, 3.8) is 0 Å². The van der Waals surface area contributed by atoms with Gasteiger partial charge in [0, 0.05) is 6.61 Å². The molecule has 3 rings (SSSR count). The van der Waals surface area contributed by atoms with Crippen molar-refractivity contribution in [2.24, 2.45) is 0 Å². The number of carbonyl (C=O) groups is 1. The number of benzene rings is 1. The number of ether oxygens (including phenoxy) is 1. The Balaban J connectivity index is 1.95. The van der Waals surface area contributed by atoms with Gasteiger partial charge in [-0.1, -0.05) is 18.2 Å². The maximum absolute atomic E-state index is 12.8. The molecule has 104 valence electrons. The van der Waals surface area contributed by atoms with Crippen LogP contribution in [0.5, 0.6) is 0 Å². The van der Waals surface area contributed by atoms with Crippen LogP contribution in [0.2, 0.25) is 0 Å². The molecule has 1 saturated heterocycles. The van der Waals surface area contributed by atoms with Crippen LogP contribution in [-0.4, -0.2) is 27.8 Å². The summed E-state index contributed by atoms with van der Waals surface area (Å²) >= 11 is 0. The molecule has 2 aromatic rings. The van der Waals surface area contributed by atoms with E-state index in [4.69, 9.17) is 4.74 Å². The van der Waals surface area contributed by atoms with Crippen molar-refractivity contribution in [2.75, 3.05) is 6.61 Å². The Kier molecular flexibility index (Phi) is 3.40.